The van der Waals surface area contributed by atoms with Gasteiger partial charge in [0.15, 0.2) is 0 Å². The fourth-order valence-corrected chi connectivity index (χ4v) is 2.52. The average molecular weight is 210 g/mol. The maximum absolute atomic E-state index is 12.1. The molecule has 3 heteroatoms. The number of hydrogen-bond acceptors (Lipinski definition) is 2. The average Bonchev–Trinajstić information content (AvgIpc) is 2.44. The lowest BCUT2D eigenvalue weighted by Crippen LogP contribution is -2.47. The van der Waals surface area contributed by atoms with E-state index in [2.05, 4.69) is 25.7 Å². The number of hydrogen-bond donors (Lipinski definition) is 0. The molecule has 2 unspecified atom stereocenters. The summed E-state index contributed by atoms with van der Waals surface area (Å²) < 4.78 is 0. The molecule has 2 heterocycles. The smallest absolute Gasteiger partial charge is 0.227 e. The molecule has 0 saturated carbocycles. The van der Waals surface area contributed by atoms with Crippen molar-refractivity contribution in [3.05, 3.63) is 0 Å². The number of nitrogens with zero attached hydrogens (tertiary/aromatic N) is 2. The molecule has 0 aromatic rings. The summed E-state index contributed by atoms with van der Waals surface area (Å²) in [6.45, 7) is 10.7. The molecule has 2 saturated heterocycles. The molecule has 2 fully saturated rings. The zero-order valence-electron chi connectivity index (χ0n) is 10.1. The van der Waals surface area contributed by atoms with E-state index in [0.717, 1.165) is 26.2 Å². The van der Waals surface area contributed by atoms with Crippen LogP contribution in [-0.4, -0.2) is 47.9 Å². The van der Waals surface area contributed by atoms with Gasteiger partial charge in [-0.3, -0.25) is 9.69 Å². The van der Waals surface area contributed by atoms with Crippen LogP contribution in [0.1, 0.15) is 27.2 Å². The van der Waals surface area contributed by atoms with Crippen LogP contribution in [0.4, 0.5) is 0 Å². The minimum absolute atomic E-state index is 0.257. The van der Waals surface area contributed by atoms with Gasteiger partial charge < -0.3 is 4.90 Å². The topological polar surface area (TPSA) is 23.6 Å². The number of amides is 1. The van der Waals surface area contributed by atoms with Gasteiger partial charge in [0.1, 0.15) is 0 Å². The Bertz CT molecular complexity index is 248. The highest BCUT2D eigenvalue weighted by molar-refractivity contribution is 5.80. The van der Waals surface area contributed by atoms with E-state index in [0.29, 0.717) is 17.9 Å². The standard InChI is InChI=1S/C12H22N2O/c1-9(2)14-7-10(3)11(8-14)12(15)13-5-4-6-13/h9-11H,4-8H2,1-3H3. The Morgan fingerprint density at radius 3 is 2.33 bits per heavy atom. The van der Waals surface area contributed by atoms with Crippen LogP contribution in [0.2, 0.25) is 0 Å². The Morgan fingerprint density at radius 1 is 1.27 bits per heavy atom. The highest BCUT2D eigenvalue weighted by Crippen LogP contribution is 2.27. The normalized spacial score (nSPS) is 32.1. The van der Waals surface area contributed by atoms with Crippen molar-refractivity contribution in [2.75, 3.05) is 26.2 Å². The molecule has 2 aliphatic heterocycles. The first-order valence-corrected chi connectivity index (χ1v) is 6.12. The number of carbonyl (C=O) groups excluding carboxylic acids is 1. The van der Waals surface area contributed by atoms with E-state index in [1.807, 2.05) is 4.90 Å². The summed E-state index contributed by atoms with van der Waals surface area (Å²) in [5.74, 6) is 1.19. The molecule has 0 aliphatic carbocycles. The lowest BCUT2D eigenvalue weighted by Gasteiger charge is -2.34. The van der Waals surface area contributed by atoms with E-state index in [1.54, 1.807) is 0 Å². The van der Waals surface area contributed by atoms with Crippen molar-refractivity contribution in [1.82, 2.24) is 9.80 Å². The molecule has 15 heavy (non-hydrogen) atoms. The van der Waals surface area contributed by atoms with Crippen molar-refractivity contribution in [2.24, 2.45) is 11.8 Å². The summed E-state index contributed by atoms with van der Waals surface area (Å²) in [5.41, 5.74) is 0. The van der Waals surface area contributed by atoms with E-state index in [4.69, 9.17) is 0 Å². The summed E-state index contributed by atoms with van der Waals surface area (Å²) >= 11 is 0. The predicted octanol–water partition coefficient (Wildman–Crippen LogP) is 1.19. The van der Waals surface area contributed by atoms with Crippen molar-refractivity contribution in [2.45, 2.75) is 33.2 Å². The second kappa shape index (κ2) is 4.12. The van der Waals surface area contributed by atoms with Crippen LogP contribution in [0.25, 0.3) is 0 Å². The highest BCUT2D eigenvalue weighted by atomic mass is 16.2. The van der Waals surface area contributed by atoms with Gasteiger partial charge in [0, 0.05) is 32.2 Å². The van der Waals surface area contributed by atoms with Gasteiger partial charge in [0.05, 0.1) is 5.92 Å². The molecule has 0 radical (unpaired) electrons. The molecule has 0 aromatic heterocycles. The number of carbonyl (C=O) groups is 1. The van der Waals surface area contributed by atoms with Crippen LogP contribution in [0, 0.1) is 11.8 Å². The Hall–Kier alpha value is -0.570. The molecular formula is C12H22N2O. The summed E-state index contributed by atoms with van der Waals surface area (Å²) in [7, 11) is 0. The fraction of sp³-hybridized carbons (Fsp3) is 0.917. The summed E-state index contributed by atoms with van der Waals surface area (Å²) in [4.78, 5) is 16.5. The van der Waals surface area contributed by atoms with Gasteiger partial charge in [-0.2, -0.15) is 0 Å². The van der Waals surface area contributed by atoms with Crippen molar-refractivity contribution < 1.29 is 4.79 Å². The molecule has 2 aliphatic rings. The molecule has 0 spiro atoms. The molecule has 0 N–H and O–H groups in total. The van der Waals surface area contributed by atoms with Crippen LogP contribution < -0.4 is 0 Å². The van der Waals surface area contributed by atoms with Crippen LogP contribution in [-0.2, 0) is 4.79 Å². The van der Waals surface area contributed by atoms with E-state index in [9.17, 15) is 4.79 Å². The van der Waals surface area contributed by atoms with Crippen molar-refractivity contribution in [1.29, 1.82) is 0 Å². The monoisotopic (exact) mass is 210 g/mol. The van der Waals surface area contributed by atoms with Crippen molar-refractivity contribution in [3.63, 3.8) is 0 Å². The molecular weight excluding hydrogens is 188 g/mol. The lowest BCUT2D eigenvalue weighted by molar-refractivity contribution is -0.139. The summed E-state index contributed by atoms with van der Waals surface area (Å²) in [5, 5.41) is 0. The lowest BCUT2D eigenvalue weighted by atomic mass is 9.95. The Balaban J connectivity index is 1.95. The number of likely N-dealkylation sites (tertiary alicyclic amines) is 2. The second-order valence-electron chi connectivity index (χ2n) is 5.31. The maximum Gasteiger partial charge on any atom is 0.227 e. The molecule has 2 rings (SSSR count). The maximum atomic E-state index is 12.1. The largest absolute Gasteiger partial charge is 0.342 e. The van der Waals surface area contributed by atoms with Crippen LogP contribution >= 0.6 is 0 Å². The first kappa shape index (κ1) is 10.9. The minimum Gasteiger partial charge on any atom is -0.342 e. The SMILES string of the molecule is CC1CN(C(C)C)CC1C(=O)N1CCC1. The first-order valence-electron chi connectivity index (χ1n) is 6.12. The van der Waals surface area contributed by atoms with Gasteiger partial charge in [0.25, 0.3) is 0 Å². The zero-order chi connectivity index (χ0) is 11.0. The zero-order valence-corrected chi connectivity index (χ0v) is 10.1. The van der Waals surface area contributed by atoms with Crippen LogP contribution in [0.3, 0.4) is 0 Å². The van der Waals surface area contributed by atoms with Gasteiger partial charge in [-0.1, -0.05) is 6.92 Å². The van der Waals surface area contributed by atoms with E-state index in [1.165, 1.54) is 6.42 Å². The molecule has 3 nitrogen and oxygen atoms in total. The van der Waals surface area contributed by atoms with E-state index < -0.39 is 0 Å². The van der Waals surface area contributed by atoms with E-state index >= 15 is 0 Å². The van der Waals surface area contributed by atoms with Crippen LogP contribution in [0.15, 0.2) is 0 Å². The molecule has 2 atom stereocenters. The van der Waals surface area contributed by atoms with Gasteiger partial charge in [0.2, 0.25) is 5.91 Å². The Labute approximate surface area is 92.4 Å². The van der Waals surface area contributed by atoms with Gasteiger partial charge in [-0.05, 0) is 26.2 Å². The third-order valence-electron chi connectivity index (χ3n) is 3.86. The molecule has 0 aromatic carbocycles. The fourth-order valence-electron chi connectivity index (χ4n) is 2.52. The summed E-state index contributed by atoms with van der Waals surface area (Å²) in [6, 6.07) is 0.571. The van der Waals surface area contributed by atoms with E-state index in [-0.39, 0.29) is 5.92 Å². The second-order valence-corrected chi connectivity index (χ2v) is 5.31. The van der Waals surface area contributed by atoms with Gasteiger partial charge in [-0.15, -0.1) is 0 Å². The molecule has 1 amide bonds. The number of rotatable bonds is 2. The van der Waals surface area contributed by atoms with Crippen molar-refractivity contribution >= 4 is 5.91 Å². The Morgan fingerprint density at radius 2 is 1.93 bits per heavy atom. The predicted molar refractivity (Wildman–Crippen MR) is 60.6 cm³/mol. The third kappa shape index (κ3) is 2.03. The Kier molecular flexibility index (Phi) is 3.01. The quantitative estimate of drug-likeness (QED) is 0.683. The van der Waals surface area contributed by atoms with Crippen LogP contribution in [0.5, 0.6) is 0 Å². The molecule has 86 valence electrons. The first-order chi connectivity index (χ1) is 7.09. The van der Waals surface area contributed by atoms with Gasteiger partial charge >= 0.3 is 0 Å². The molecule has 0 bridgehead atoms. The minimum atomic E-state index is 0.257. The highest BCUT2D eigenvalue weighted by Gasteiger charge is 2.38. The van der Waals surface area contributed by atoms with Gasteiger partial charge in [-0.25, -0.2) is 0 Å². The van der Waals surface area contributed by atoms with Crippen molar-refractivity contribution in [3.8, 4) is 0 Å². The summed E-state index contributed by atoms with van der Waals surface area (Å²) in [6.07, 6.45) is 1.20. The third-order valence-corrected chi connectivity index (χ3v) is 3.86.